The van der Waals surface area contributed by atoms with Gasteiger partial charge >= 0.3 is 0 Å². The van der Waals surface area contributed by atoms with Crippen molar-refractivity contribution in [3.63, 3.8) is 0 Å². The van der Waals surface area contributed by atoms with Gasteiger partial charge in [-0.25, -0.2) is 0 Å². The Labute approximate surface area is 93.2 Å². The van der Waals surface area contributed by atoms with Crippen LogP contribution in [-0.2, 0) is 4.74 Å². The molecule has 0 aromatic carbocycles. The lowest BCUT2D eigenvalue weighted by molar-refractivity contribution is 0.0727. The molecule has 3 unspecified atom stereocenters. The van der Waals surface area contributed by atoms with E-state index in [2.05, 4.69) is 19.2 Å². The monoisotopic (exact) mass is 215 g/mol. The van der Waals surface area contributed by atoms with Crippen molar-refractivity contribution in [3.8, 4) is 0 Å². The molecule has 0 radical (unpaired) electrons. The van der Waals surface area contributed by atoms with Gasteiger partial charge in [-0.2, -0.15) is 0 Å². The molecule has 0 aliphatic carbocycles. The highest BCUT2D eigenvalue weighted by molar-refractivity contribution is 4.81. The lowest BCUT2D eigenvalue weighted by Gasteiger charge is -2.26. The topological polar surface area (TPSA) is 41.5 Å². The van der Waals surface area contributed by atoms with Crippen LogP contribution in [0.4, 0.5) is 0 Å². The lowest BCUT2D eigenvalue weighted by atomic mass is 10.0. The Hall–Kier alpha value is -0.120. The minimum Gasteiger partial charge on any atom is -0.396 e. The summed E-state index contributed by atoms with van der Waals surface area (Å²) in [6.07, 6.45) is 5.85. The minimum atomic E-state index is 0.294. The molecule has 15 heavy (non-hydrogen) atoms. The van der Waals surface area contributed by atoms with E-state index in [0.29, 0.717) is 24.8 Å². The Kier molecular flexibility index (Phi) is 6.22. The summed E-state index contributed by atoms with van der Waals surface area (Å²) in [4.78, 5) is 0. The zero-order valence-corrected chi connectivity index (χ0v) is 10.0. The molecular formula is C12H25NO2. The minimum absolute atomic E-state index is 0.294. The fraction of sp³-hybridized carbons (Fsp3) is 1.00. The molecule has 3 heteroatoms. The van der Waals surface area contributed by atoms with Gasteiger partial charge in [-0.15, -0.1) is 0 Å². The molecular weight excluding hydrogens is 190 g/mol. The third-order valence-corrected chi connectivity index (χ3v) is 3.15. The summed E-state index contributed by atoms with van der Waals surface area (Å²) in [6.45, 7) is 5.61. The molecule has 90 valence electrons. The Balaban J connectivity index is 2.25. The van der Waals surface area contributed by atoms with Crippen LogP contribution in [0.2, 0.25) is 0 Å². The third-order valence-electron chi connectivity index (χ3n) is 3.15. The maximum absolute atomic E-state index is 8.77. The van der Waals surface area contributed by atoms with Gasteiger partial charge in [0, 0.05) is 25.3 Å². The molecule has 1 saturated heterocycles. The van der Waals surface area contributed by atoms with Crippen LogP contribution in [-0.4, -0.2) is 36.5 Å². The number of aliphatic hydroxyl groups is 1. The van der Waals surface area contributed by atoms with Crippen molar-refractivity contribution < 1.29 is 9.84 Å². The molecule has 0 aromatic heterocycles. The number of nitrogens with one attached hydrogen (secondary N) is 1. The number of aliphatic hydroxyl groups excluding tert-OH is 1. The maximum Gasteiger partial charge on any atom is 0.0728 e. The zero-order valence-electron chi connectivity index (χ0n) is 10.0. The average Bonchev–Trinajstić information content (AvgIpc) is 2.76. The molecule has 1 aliphatic heterocycles. The van der Waals surface area contributed by atoms with Gasteiger partial charge < -0.3 is 15.2 Å². The van der Waals surface area contributed by atoms with Gasteiger partial charge in [0.1, 0.15) is 0 Å². The first-order valence-corrected chi connectivity index (χ1v) is 6.26. The van der Waals surface area contributed by atoms with Crippen LogP contribution in [0, 0.1) is 0 Å². The van der Waals surface area contributed by atoms with Crippen molar-refractivity contribution in [1.29, 1.82) is 0 Å². The Morgan fingerprint density at radius 1 is 1.53 bits per heavy atom. The van der Waals surface area contributed by atoms with Crippen LogP contribution in [0.15, 0.2) is 0 Å². The average molecular weight is 215 g/mol. The van der Waals surface area contributed by atoms with E-state index in [4.69, 9.17) is 9.84 Å². The molecule has 1 aliphatic rings. The van der Waals surface area contributed by atoms with Crippen LogP contribution in [0.1, 0.15) is 46.0 Å². The van der Waals surface area contributed by atoms with Gasteiger partial charge in [0.05, 0.1) is 6.10 Å². The molecule has 0 bridgehead atoms. The summed E-state index contributed by atoms with van der Waals surface area (Å²) in [5, 5.41) is 12.4. The van der Waals surface area contributed by atoms with E-state index in [9.17, 15) is 0 Å². The molecule has 1 rings (SSSR count). The predicted octanol–water partition coefficient (Wildman–Crippen LogP) is 1.69. The number of hydrogen-bond acceptors (Lipinski definition) is 3. The van der Waals surface area contributed by atoms with Crippen LogP contribution >= 0.6 is 0 Å². The smallest absolute Gasteiger partial charge is 0.0728 e. The first-order valence-electron chi connectivity index (χ1n) is 6.26. The first kappa shape index (κ1) is 12.9. The number of hydrogen-bond donors (Lipinski definition) is 2. The predicted molar refractivity (Wildman–Crippen MR) is 62.0 cm³/mol. The third kappa shape index (κ3) is 4.49. The van der Waals surface area contributed by atoms with E-state index in [-0.39, 0.29) is 0 Å². The summed E-state index contributed by atoms with van der Waals surface area (Å²) < 4.78 is 5.70. The van der Waals surface area contributed by atoms with Crippen molar-refractivity contribution in [2.75, 3.05) is 13.2 Å². The molecule has 0 amide bonds. The second-order valence-electron chi connectivity index (χ2n) is 4.50. The normalized spacial score (nSPS) is 25.4. The van der Waals surface area contributed by atoms with Gasteiger partial charge in [-0.05, 0) is 39.0 Å². The maximum atomic E-state index is 8.77. The Bertz CT molecular complexity index is 158. The molecule has 0 saturated carbocycles. The van der Waals surface area contributed by atoms with Crippen molar-refractivity contribution in [2.24, 2.45) is 0 Å². The number of rotatable bonds is 7. The second kappa shape index (κ2) is 7.20. The quantitative estimate of drug-likeness (QED) is 0.679. The second-order valence-corrected chi connectivity index (χ2v) is 4.50. The first-order chi connectivity index (χ1) is 7.27. The van der Waals surface area contributed by atoms with Crippen molar-refractivity contribution in [3.05, 3.63) is 0 Å². The van der Waals surface area contributed by atoms with Crippen LogP contribution < -0.4 is 5.32 Å². The molecule has 2 N–H and O–H groups in total. The summed E-state index contributed by atoms with van der Waals surface area (Å²) in [7, 11) is 0. The van der Waals surface area contributed by atoms with E-state index in [1.807, 2.05) is 0 Å². The zero-order chi connectivity index (χ0) is 11.1. The van der Waals surface area contributed by atoms with E-state index in [0.717, 1.165) is 25.9 Å². The fourth-order valence-electron chi connectivity index (χ4n) is 2.25. The lowest BCUT2D eigenvalue weighted by Crippen LogP contribution is -2.43. The largest absolute Gasteiger partial charge is 0.396 e. The number of ether oxygens (including phenoxy) is 1. The molecule has 0 spiro atoms. The van der Waals surface area contributed by atoms with Gasteiger partial charge in [-0.3, -0.25) is 0 Å². The van der Waals surface area contributed by atoms with Gasteiger partial charge in [0.15, 0.2) is 0 Å². The Morgan fingerprint density at radius 2 is 2.33 bits per heavy atom. The highest BCUT2D eigenvalue weighted by atomic mass is 16.5. The van der Waals surface area contributed by atoms with Gasteiger partial charge in [-0.1, -0.05) is 6.92 Å². The molecule has 3 atom stereocenters. The molecule has 1 fully saturated rings. The molecule has 1 heterocycles. The van der Waals surface area contributed by atoms with Crippen molar-refractivity contribution >= 4 is 0 Å². The van der Waals surface area contributed by atoms with Crippen LogP contribution in [0.5, 0.6) is 0 Å². The van der Waals surface area contributed by atoms with E-state index < -0.39 is 0 Å². The van der Waals surface area contributed by atoms with Crippen molar-refractivity contribution in [1.82, 2.24) is 5.32 Å². The van der Waals surface area contributed by atoms with Crippen LogP contribution in [0.25, 0.3) is 0 Å². The standard InChI is InChI=1S/C12H25NO2/c1-3-11(12-7-5-9-15-12)13-10(2)6-4-8-14/h10-14H,3-9H2,1-2H3. The highest BCUT2D eigenvalue weighted by Crippen LogP contribution is 2.18. The van der Waals surface area contributed by atoms with Gasteiger partial charge in [0.2, 0.25) is 0 Å². The summed E-state index contributed by atoms with van der Waals surface area (Å²) >= 11 is 0. The summed E-state index contributed by atoms with van der Waals surface area (Å²) in [5.41, 5.74) is 0. The van der Waals surface area contributed by atoms with Gasteiger partial charge in [0.25, 0.3) is 0 Å². The van der Waals surface area contributed by atoms with E-state index in [1.165, 1.54) is 12.8 Å². The highest BCUT2D eigenvalue weighted by Gasteiger charge is 2.25. The summed E-state index contributed by atoms with van der Waals surface area (Å²) in [5.74, 6) is 0. The Morgan fingerprint density at radius 3 is 2.87 bits per heavy atom. The van der Waals surface area contributed by atoms with Crippen molar-refractivity contribution in [2.45, 2.75) is 64.1 Å². The SMILES string of the molecule is CCC(NC(C)CCCO)C1CCCO1. The fourth-order valence-corrected chi connectivity index (χ4v) is 2.25. The van der Waals surface area contributed by atoms with E-state index in [1.54, 1.807) is 0 Å². The summed E-state index contributed by atoms with van der Waals surface area (Å²) in [6, 6.07) is 0.965. The van der Waals surface area contributed by atoms with Crippen LogP contribution in [0.3, 0.4) is 0 Å². The van der Waals surface area contributed by atoms with E-state index >= 15 is 0 Å². The molecule has 3 nitrogen and oxygen atoms in total. The molecule has 0 aromatic rings.